The summed E-state index contributed by atoms with van der Waals surface area (Å²) in [5.74, 6) is 1.52. The molecule has 4 nitrogen and oxygen atoms in total. The van der Waals surface area contributed by atoms with E-state index in [4.69, 9.17) is 5.73 Å². The van der Waals surface area contributed by atoms with E-state index in [9.17, 15) is 13.2 Å². The molecule has 7 heteroatoms. The molecule has 0 radical (unpaired) electrons. The summed E-state index contributed by atoms with van der Waals surface area (Å²) in [4.78, 5) is 8.14. The fourth-order valence-corrected chi connectivity index (χ4v) is 1.48. The molecule has 3 N–H and O–H groups in total. The van der Waals surface area contributed by atoms with E-state index in [1.807, 2.05) is 0 Å². The summed E-state index contributed by atoms with van der Waals surface area (Å²) in [6.07, 6.45) is -4.29. The third-order valence-corrected chi connectivity index (χ3v) is 2.47. The van der Waals surface area contributed by atoms with Gasteiger partial charge >= 0.3 is 6.18 Å². The smallest absolute Gasteiger partial charge is 0.383 e. The van der Waals surface area contributed by atoms with E-state index in [0.29, 0.717) is 30.4 Å². The van der Waals surface area contributed by atoms with Gasteiger partial charge in [0, 0.05) is 18.5 Å². The average molecular weight is 262 g/mol. The highest BCUT2D eigenvalue weighted by molar-refractivity contribution is 5.54. The van der Waals surface area contributed by atoms with Crippen molar-refractivity contribution < 1.29 is 13.2 Å². The molecular weight excluding hydrogens is 245 g/mol. The zero-order chi connectivity index (χ0) is 13.8. The number of hydrogen-bond donors (Lipinski definition) is 2. The lowest BCUT2D eigenvalue weighted by molar-refractivity contribution is -0.135. The van der Waals surface area contributed by atoms with Crippen molar-refractivity contribution in [2.45, 2.75) is 39.3 Å². The SMILES string of the molecule is Cc1nc(N)c(C)c(NCCCCC(F)(F)F)n1. The van der Waals surface area contributed by atoms with Gasteiger partial charge in [0.25, 0.3) is 0 Å². The quantitative estimate of drug-likeness (QED) is 0.801. The Morgan fingerprint density at radius 3 is 2.44 bits per heavy atom. The van der Waals surface area contributed by atoms with Crippen LogP contribution in [0.3, 0.4) is 0 Å². The Morgan fingerprint density at radius 1 is 1.17 bits per heavy atom. The lowest BCUT2D eigenvalue weighted by Gasteiger charge is -2.11. The van der Waals surface area contributed by atoms with E-state index in [-0.39, 0.29) is 6.42 Å². The van der Waals surface area contributed by atoms with Gasteiger partial charge in [-0.05, 0) is 26.7 Å². The van der Waals surface area contributed by atoms with Crippen molar-refractivity contribution in [3.8, 4) is 0 Å². The molecule has 0 aliphatic carbocycles. The summed E-state index contributed by atoms with van der Waals surface area (Å²) < 4.78 is 35.8. The highest BCUT2D eigenvalue weighted by atomic mass is 19.4. The van der Waals surface area contributed by atoms with Crippen LogP contribution in [-0.2, 0) is 0 Å². The Hall–Kier alpha value is -1.53. The van der Waals surface area contributed by atoms with Gasteiger partial charge in [0.2, 0.25) is 0 Å². The molecule has 0 amide bonds. The Morgan fingerprint density at radius 2 is 1.83 bits per heavy atom. The predicted molar refractivity (Wildman–Crippen MR) is 64.3 cm³/mol. The maximum Gasteiger partial charge on any atom is 0.389 e. The second-order valence-electron chi connectivity index (χ2n) is 4.13. The molecular formula is C11H17F3N4. The molecule has 0 fully saturated rings. The number of nitrogens with one attached hydrogen (secondary N) is 1. The standard InChI is InChI=1S/C11H17F3N4/c1-7-9(15)17-8(2)18-10(7)16-6-4-3-5-11(12,13)14/h3-6H2,1-2H3,(H3,15,16,17,18). The van der Waals surface area contributed by atoms with Crippen LogP contribution in [0.15, 0.2) is 0 Å². The first-order valence-electron chi connectivity index (χ1n) is 5.71. The van der Waals surface area contributed by atoms with E-state index in [1.54, 1.807) is 13.8 Å². The molecule has 102 valence electrons. The Balaban J connectivity index is 2.40. The van der Waals surface area contributed by atoms with E-state index in [2.05, 4.69) is 15.3 Å². The fraction of sp³-hybridized carbons (Fsp3) is 0.636. The normalized spacial score (nSPS) is 11.6. The fourth-order valence-electron chi connectivity index (χ4n) is 1.48. The molecule has 0 spiro atoms. The van der Waals surface area contributed by atoms with Crippen molar-refractivity contribution in [2.24, 2.45) is 0 Å². The number of nitrogens with zero attached hydrogens (tertiary/aromatic N) is 2. The first kappa shape index (κ1) is 14.5. The van der Waals surface area contributed by atoms with Crippen LogP contribution in [-0.4, -0.2) is 22.7 Å². The number of nitrogens with two attached hydrogens (primary N) is 1. The minimum Gasteiger partial charge on any atom is -0.383 e. The molecule has 1 aromatic heterocycles. The van der Waals surface area contributed by atoms with Gasteiger partial charge in [-0.25, -0.2) is 9.97 Å². The van der Waals surface area contributed by atoms with Crippen LogP contribution in [0.5, 0.6) is 0 Å². The van der Waals surface area contributed by atoms with Gasteiger partial charge in [-0.2, -0.15) is 13.2 Å². The molecule has 1 heterocycles. The summed E-state index contributed by atoms with van der Waals surface area (Å²) in [5.41, 5.74) is 6.39. The summed E-state index contributed by atoms with van der Waals surface area (Å²) in [6, 6.07) is 0. The number of hydrogen-bond acceptors (Lipinski definition) is 4. The van der Waals surface area contributed by atoms with Crippen LogP contribution in [0.2, 0.25) is 0 Å². The summed E-state index contributed by atoms with van der Waals surface area (Å²) in [6.45, 7) is 3.92. The van der Waals surface area contributed by atoms with Crippen molar-refractivity contribution in [1.29, 1.82) is 0 Å². The Bertz CT molecular complexity index is 404. The van der Waals surface area contributed by atoms with Gasteiger partial charge in [-0.3, -0.25) is 0 Å². The number of alkyl halides is 3. The van der Waals surface area contributed by atoms with E-state index >= 15 is 0 Å². The van der Waals surface area contributed by atoms with Crippen LogP contribution < -0.4 is 11.1 Å². The van der Waals surface area contributed by atoms with Crippen molar-refractivity contribution in [3.05, 3.63) is 11.4 Å². The number of nitrogen functional groups attached to an aromatic ring is 1. The third kappa shape index (κ3) is 4.77. The number of aryl methyl sites for hydroxylation is 1. The highest BCUT2D eigenvalue weighted by Crippen LogP contribution is 2.22. The largest absolute Gasteiger partial charge is 0.389 e. The number of rotatable bonds is 5. The molecule has 18 heavy (non-hydrogen) atoms. The second-order valence-corrected chi connectivity index (χ2v) is 4.13. The number of halogens is 3. The predicted octanol–water partition coefficient (Wildman–Crippen LogP) is 2.82. The van der Waals surface area contributed by atoms with Crippen LogP contribution in [0.1, 0.15) is 30.7 Å². The third-order valence-electron chi connectivity index (χ3n) is 2.47. The molecule has 0 unspecified atom stereocenters. The molecule has 0 bridgehead atoms. The average Bonchev–Trinajstić information content (AvgIpc) is 2.22. The second kappa shape index (κ2) is 5.88. The Kier molecular flexibility index (Phi) is 4.75. The van der Waals surface area contributed by atoms with Gasteiger partial charge in [0.15, 0.2) is 0 Å². The zero-order valence-electron chi connectivity index (χ0n) is 10.4. The van der Waals surface area contributed by atoms with E-state index in [0.717, 1.165) is 5.56 Å². The van der Waals surface area contributed by atoms with E-state index < -0.39 is 12.6 Å². The number of anilines is 2. The van der Waals surface area contributed by atoms with E-state index in [1.165, 1.54) is 0 Å². The topological polar surface area (TPSA) is 63.8 Å². The molecule has 0 saturated heterocycles. The maximum absolute atomic E-state index is 11.9. The van der Waals surface area contributed by atoms with Crippen molar-refractivity contribution in [2.75, 3.05) is 17.6 Å². The van der Waals surface area contributed by atoms with Crippen LogP contribution in [0.25, 0.3) is 0 Å². The first-order chi connectivity index (χ1) is 8.29. The summed E-state index contributed by atoms with van der Waals surface area (Å²) >= 11 is 0. The number of unbranched alkanes of at least 4 members (excludes halogenated alkanes) is 1. The molecule has 0 saturated carbocycles. The van der Waals surface area contributed by atoms with Crippen molar-refractivity contribution >= 4 is 11.6 Å². The highest BCUT2D eigenvalue weighted by Gasteiger charge is 2.25. The van der Waals surface area contributed by atoms with Gasteiger partial charge in [-0.1, -0.05) is 0 Å². The van der Waals surface area contributed by atoms with Crippen molar-refractivity contribution in [3.63, 3.8) is 0 Å². The van der Waals surface area contributed by atoms with Gasteiger partial charge in [0.1, 0.15) is 17.5 Å². The Labute approximate surface area is 104 Å². The first-order valence-corrected chi connectivity index (χ1v) is 5.71. The van der Waals surface area contributed by atoms with Gasteiger partial charge in [0.05, 0.1) is 0 Å². The van der Waals surface area contributed by atoms with Crippen molar-refractivity contribution in [1.82, 2.24) is 9.97 Å². The van der Waals surface area contributed by atoms with Crippen LogP contribution >= 0.6 is 0 Å². The lowest BCUT2D eigenvalue weighted by Crippen LogP contribution is -2.11. The molecule has 0 aromatic carbocycles. The molecule has 0 atom stereocenters. The summed E-state index contributed by atoms with van der Waals surface area (Å²) in [7, 11) is 0. The maximum atomic E-state index is 11.9. The number of aromatic nitrogens is 2. The molecule has 0 aliphatic rings. The van der Waals surface area contributed by atoms with Gasteiger partial charge < -0.3 is 11.1 Å². The minimum atomic E-state index is -4.08. The minimum absolute atomic E-state index is 0.106. The zero-order valence-corrected chi connectivity index (χ0v) is 10.4. The molecule has 1 rings (SSSR count). The molecule has 0 aliphatic heterocycles. The summed E-state index contributed by atoms with van der Waals surface area (Å²) in [5, 5.41) is 2.98. The lowest BCUT2D eigenvalue weighted by atomic mass is 10.2. The van der Waals surface area contributed by atoms with Crippen LogP contribution in [0.4, 0.5) is 24.8 Å². The van der Waals surface area contributed by atoms with Gasteiger partial charge in [-0.15, -0.1) is 0 Å². The van der Waals surface area contributed by atoms with Crippen LogP contribution in [0, 0.1) is 13.8 Å². The monoisotopic (exact) mass is 262 g/mol. The molecule has 1 aromatic rings.